The molecule has 1 unspecified atom stereocenters. The standard InChI is InChI=1S/C17H20N4O2/c1-20-10-5-7-14(20)17(23)21-11-4-6-13(12-21)16(22)19-15-8-2-3-9-18-15/h2-3,5,7-10,13H,4,6,11-12H2,1H3,(H,18,19,22). The van der Waals surface area contributed by atoms with Crippen LogP contribution in [0.25, 0.3) is 0 Å². The molecular formula is C17H20N4O2. The first-order chi connectivity index (χ1) is 11.1. The summed E-state index contributed by atoms with van der Waals surface area (Å²) >= 11 is 0. The lowest BCUT2D eigenvalue weighted by Crippen LogP contribution is -2.44. The number of piperidine rings is 1. The van der Waals surface area contributed by atoms with Gasteiger partial charge in [0, 0.05) is 32.5 Å². The molecule has 6 nitrogen and oxygen atoms in total. The number of amides is 2. The molecule has 3 heterocycles. The maximum atomic E-state index is 12.6. The molecule has 0 bridgehead atoms. The number of carbonyl (C=O) groups excluding carboxylic acids is 2. The van der Waals surface area contributed by atoms with Crippen molar-refractivity contribution in [2.45, 2.75) is 12.8 Å². The second kappa shape index (κ2) is 6.64. The zero-order chi connectivity index (χ0) is 16.2. The first-order valence-electron chi connectivity index (χ1n) is 7.77. The van der Waals surface area contributed by atoms with E-state index in [4.69, 9.17) is 0 Å². The van der Waals surface area contributed by atoms with Crippen LogP contribution in [0.5, 0.6) is 0 Å². The van der Waals surface area contributed by atoms with Gasteiger partial charge in [0.25, 0.3) is 5.91 Å². The molecule has 1 aliphatic rings. The number of nitrogens with one attached hydrogen (secondary N) is 1. The van der Waals surface area contributed by atoms with Crippen LogP contribution < -0.4 is 5.32 Å². The molecule has 0 spiro atoms. The molecule has 1 N–H and O–H groups in total. The summed E-state index contributed by atoms with van der Waals surface area (Å²) in [4.78, 5) is 30.8. The number of nitrogens with zero attached hydrogens (tertiary/aromatic N) is 3. The Bertz CT molecular complexity index is 696. The van der Waals surface area contributed by atoms with Gasteiger partial charge in [-0.3, -0.25) is 9.59 Å². The first kappa shape index (κ1) is 15.3. The number of hydrogen-bond donors (Lipinski definition) is 1. The monoisotopic (exact) mass is 312 g/mol. The van der Waals surface area contributed by atoms with E-state index in [1.165, 1.54) is 0 Å². The number of likely N-dealkylation sites (tertiary alicyclic amines) is 1. The lowest BCUT2D eigenvalue weighted by atomic mass is 9.97. The summed E-state index contributed by atoms with van der Waals surface area (Å²) < 4.78 is 1.81. The fraction of sp³-hybridized carbons (Fsp3) is 0.353. The topological polar surface area (TPSA) is 67.2 Å². The molecule has 1 saturated heterocycles. The minimum absolute atomic E-state index is 0.0205. The van der Waals surface area contributed by atoms with Crippen LogP contribution in [0.2, 0.25) is 0 Å². The Morgan fingerprint density at radius 3 is 2.83 bits per heavy atom. The van der Waals surface area contributed by atoms with Crippen molar-refractivity contribution < 1.29 is 9.59 Å². The van der Waals surface area contributed by atoms with E-state index in [-0.39, 0.29) is 17.7 Å². The highest BCUT2D eigenvalue weighted by Gasteiger charge is 2.29. The highest BCUT2D eigenvalue weighted by atomic mass is 16.2. The Morgan fingerprint density at radius 1 is 1.26 bits per heavy atom. The molecule has 2 aromatic rings. The van der Waals surface area contributed by atoms with Gasteiger partial charge in [-0.15, -0.1) is 0 Å². The average Bonchev–Trinajstić information content (AvgIpc) is 3.01. The molecule has 0 aliphatic carbocycles. The molecule has 2 aromatic heterocycles. The normalized spacial score (nSPS) is 17.8. The fourth-order valence-electron chi connectivity index (χ4n) is 2.89. The van der Waals surface area contributed by atoms with E-state index in [2.05, 4.69) is 10.3 Å². The van der Waals surface area contributed by atoms with Crippen molar-refractivity contribution in [1.29, 1.82) is 0 Å². The Labute approximate surface area is 135 Å². The molecule has 1 aliphatic heterocycles. The van der Waals surface area contributed by atoms with Crippen LogP contribution in [-0.2, 0) is 11.8 Å². The van der Waals surface area contributed by atoms with Gasteiger partial charge < -0.3 is 14.8 Å². The van der Waals surface area contributed by atoms with Gasteiger partial charge in [0.1, 0.15) is 11.5 Å². The Balaban J connectivity index is 1.65. The third-order valence-corrected chi connectivity index (χ3v) is 4.16. The van der Waals surface area contributed by atoms with E-state index in [9.17, 15) is 9.59 Å². The molecule has 23 heavy (non-hydrogen) atoms. The van der Waals surface area contributed by atoms with Crippen molar-refractivity contribution in [3.63, 3.8) is 0 Å². The van der Waals surface area contributed by atoms with Crippen molar-refractivity contribution in [2.24, 2.45) is 13.0 Å². The third-order valence-electron chi connectivity index (χ3n) is 4.16. The largest absolute Gasteiger partial charge is 0.347 e. The maximum absolute atomic E-state index is 12.6. The van der Waals surface area contributed by atoms with E-state index < -0.39 is 0 Å². The van der Waals surface area contributed by atoms with Gasteiger partial charge in [-0.1, -0.05) is 6.07 Å². The van der Waals surface area contributed by atoms with Crippen LogP contribution >= 0.6 is 0 Å². The average molecular weight is 312 g/mol. The van der Waals surface area contributed by atoms with Crippen LogP contribution in [0.1, 0.15) is 23.3 Å². The van der Waals surface area contributed by atoms with Crippen LogP contribution in [0, 0.1) is 5.92 Å². The van der Waals surface area contributed by atoms with Gasteiger partial charge in [0.05, 0.1) is 5.92 Å². The number of anilines is 1. The van der Waals surface area contributed by atoms with Gasteiger partial charge in [-0.25, -0.2) is 4.98 Å². The summed E-state index contributed by atoms with van der Waals surface area (Å²) in [6, 6.07) is 9.04. The van der Waals surface area contributed by atoms with E-state index >= 15 is 0 Å². The number of aromatic nitrogens is 2. The third kappa shape index (κ3) is 3.41. The quantitative estimate of drug-likeness (QED) is 0.941. The van der Waals surface area contributed by atoms with E-state index in [0.29, 0.717) is 24.6 Å². The smallest absolute Gasteiger partial charge is 0.270 e. The Morgan fingerprint density at radius 2 is 2.13 bits per heavy atom. The summed E-state index contributed by atoms with van der Waals surface area (Å²) in [5.41, 5.74) is 0.649. The summed E-state index contributed by atoms with van der Waals surface area (Å²) in [7, 11) is 1.85. The molecule has 0 radical (unpaired) electrons. The molecule has 1 fully saturated rings. The minimum atomic E-state index is -0.199. The van der Waals surface area contributed by atoms with Crippen molar-refractivity contribution in [3.8, 4) is 0 Å². The fourth-order valence-corrected chi connectivity index (χ4v) is 2.89. The summed E-state index contributed by atoms with van der Waals surface area (Å²) in [5.74, 6) is 0.249. The highest BCUT2D eigenvalue weighted by Crippen LogP contribution is 2.20. The molecule has 2 amide bonds. The lowest BCUT2D eigenvalue weighted by molar-refractivity contribution is -0.121. The van der Waals surface area contributed by atoms with Crippen molar-refractivity contribution in [3.05, 3.63) is 48.4 Å². The lowest BCUT2D eigenvalue weighted by Gasteiger charge is -2.32. The minimum Gasteiger partial charge on any atom is -0.347 e. The zero-order valence-electron chi connectivity index (χ0n) is 13.1. The number of hydrogen-bond acceptors (Lipinski definition) is 3. The number of pyridine rings is 1. The van der Waals surface area contributed by atoms with Crippen molar-refractivity contribution in [1.82, 2.24) is 14.5 Å². The molecule has 120 valence electrons. The van der Waals surface area contributed by atoms with E-state index in [0.717, 1.165) is 12.8 Å². The molecule has 6 heteroatoms. The Hall–Kier alpha value is -2.63. The predicted octanol–water partition coefficient (Wildman–Crippen LogP) is 1.91. The molecular weight excluding hydrogens is 292 g/mol. The van der Waals surface area contributed by atoms with Gasteiger partial charge in [-0.05, 0) is 37.1 Å². The SMILES string of the molecule is Cn1cccc1C(=O)N1CCCC(C(=O)Nc2ccccn2)C1. The van der Waals surface area contributed by atoms with E-state index in [1.54, 1.807) is 33.9 Å². The van der Waals surface area contributed by atoms with Crippen LogP contribution in [0.3, 0.4) is 0 Å². The van der Waals surface area contributed by atoms with Crippen molar-refractivity contribution >= 4 is 17.6 Å². The molecule has 0 aromatic carbocycles. The first-order valence-corrected chi connectivity index (χ1v) is 7.77. The molecule has 0 saturated carbocycles. The predicted molar refractivity (Wildman–Crippen MR) is 86.9 cm³/mol. The van der Waals surface area contributed by atoms with Crippen LogP contribution in [0.15, 0.2) is 42.7 Å². The van der Waals surface area contributed by atoms with Gasteiger partial charge in [0.2, 0.25) is 5.91 Å². The Kier molecular flexibility index (Phi) is 4.41. The summed E-state index contributed by atoms with van der Waals surface area (Å²) in [6.45, 7) is 1.14. The maximum Gasteiger partial charge on any atom is 0.270 e. The number of carbonyl (C=O) groups is 2. The zero-order valence-corrected chi connectivity index (χ0v) is 13.1. The summed E-state index contributed by atoms with van der Waals surface area (Å²) in [6.07, 6.45) is 5.11. The van der Waals surface area contributed by atoms with Gasteiger partial charge in [0.15, 0.2) is 0 Å². The second-order valence-corrected chi connectivity index (χ2v) is 5.80. The highest BCUT2D eigenvalue weighted by molar-refractivity contribution is 5.95. The van der Waals surface area contributed by atoms with Gasteiger partial charge >= 0.3 is 0 Å². The van der Waals surface area contributed by atoms with E-state index in [1.807, 2.05) is 25.4 Å². The second-order valence-electron chi connectivity index (χ2n) is 5.80. The summed E-state index contributed by atoms with van der Waals surface area (Å²) in [5, 5.41) is 2.82. The molecule has 1 atom stereocenters. The van der Waals surface area contributed by atoms with Gasteiger partial charge in [-0.2, -0.15) is 0 Å². The van der Waals surface area contributed by atoms with Crippen LogP contribution in [-0.4, -0.2) is 39.4 Å². The van der Waals surface area contributed by atoms with Crippen LogP contribution in [0.4, 0.5) is 5.82 Å². The molecule has 3 rings (SSSR count). The number of rotatable bonds is 3. The van der Waals surface area contributed by atoms with Crippen molar-refractivity contribution in [2.75, 3.05) is 18.4 Å². The number of aryl methyl sites for hydroxylation is 1.